The molecule has 0 amide bonds. The van der Waals surface area contributed by atoms with Crippen LogP contribution in [0, 0.1) is 0 Å². The van der Waals surface area contributed by atoms with Gasteiger partial charge in [0, 0.05) is 18.1 Å². The summed E-state index contributed by atoms with van der Waals surface area (Å²) in [6.45, 7) is 13.5. The van der Waals surface area contributed by atoms with Crippen LogP contribution in [0.25, 0.3) is 0 Å². The van der Waals surface area contributed by atoms with Crippen LogP contribution in [0.15, 0.2) is 0 Å². The van der Waals surface area contributed by atoms with Gasteiger partial charge >= 0.3 is 43.5 Å². The van der Waals surface area contributed by atoms with E-state index in [1.165, 1.54) is 0 Å². The first-order chi connectivity index (χ1) is 17.3. The van der Waals surface area contributed by atoms with Crippen LogP contribution in [-0.4, -0.2) is 94.6 Å². The molecule has 7 aliphatic rings. The third kappa shape index (κ3) is 2.07. The smallest absolute Gasteiger partial charge is 0.409 e. The monoisotopic (exact) mass is 642 g/mol. The molecule has 7 saturated heterocycles. The topological polar surface area (TPSA) is 144 Å². The largest absolute Gasteiger partial charge is 0.489 e. The molecule has 3 N–H and O–H groups in total. The average Bonchev–Trinajstić information content (AvgIpc) is 3.42. The normalized spacial score (nSPS) is 66.0. The highest BCUT2D eigenvalue weighted by Crippen LogP contribution is 2.80. The van der Waals surface area contributed by atoms with Gasteiger partial charge in [0.1, 0.15) is 9.70 Å². The lowest BCUT2D eigenvalue weighted by Crippen LogP contribution is -3.13. The number of hydrogen-bond donors (Lipinski definition) is 3. The van der Waals surface area contributed by atoms with Crippen molar-refractivity contribution in [1.82, 2.24) is 0 Å². The van der Waals surface area contributed by atoms with Crippen LogP contribution in [0.4, 0.5) is 0 Å². The van der Waals surface area contributed by atoms with Crippen molar-refractivity contribution in [2.75, 3.05) is 0 Å². The number of hydrogen-bond acceptors (Lipinski definition) is 12. The van der Waals surface area contributed by atoms with Crippen molar-refractivity contribution in [2.45, 2.75) is 111 Å². The Morgan fingerprint density at radius 2 is 1.22 bits per heavy atom. The van der Waals surface area contributed by atoms with Gasteiger partial charge in [-0.05, 0) is 24.9 Å². The van der Waals surface area contributed by atoms with Gasteiger partial charge in [-0.25, -0.2) is 0 Å². The van der Waals surface area contributed by atoms with E-state index in [1.54, 1.807) is 0 Å². The minimum atomic E-state index is -4.37. The lowest BCUT2D eigenvalue weighted by Gasteiger charge is -2.79. The molecule has 0 saturated carbocycles. The van der Waals surface area contributed by atoms with Crippen LogP contribution >= 0.6 is 0 Å². The van der Waals surface area contributed by atoms with Crippen molar-refractivity contribution in [3.8, 4) is 0 Å². The minimum Gasteiger partial charge on any atom is -0.409 e. The van der Waals surface area contributed by atoms with Gasteiger partial charge in [0.15, 0.2) is 0 Å². The maximum Gasteiger partial charge on any atom is 0.489 e. The van der Waals surface area contributed by atoms with E-state index in [-0.39, 0.29) is 12.5 Å². The fraction of sp³-hybridized carbons (Fsp3) is 1.00. The van der Waals surface area contributed by atoms with E-state index in [0.717, 1.165) is 0 Å². The Morgan fingerprint density at radius 1 is 0.568 bits per heavy atom. The second kappa shape index (κ2) is 6.98. The minimum absolute atomic E-state index is 0.215. The molecule has 37 heavy (non-hydrogen) atoms. The summed E-state index contributed by atoms with van der Waals surface area (Å²) in [7, 11) is -25.7. The third-order valence-corrected chi connectivity index (χ3v) is 50.3. The summed E-state index contributed by atoms with van der Waals surface area (Å²) >= 11 is 0. The maximum atomic E-state index is 12.7. The first-order valence-electron chi connectivity index (χ1n) is 13.8. The molecule has 0 aromatic rings. The third-order valence-electron chi connectivity index (χ3n) is 10.5. The van der Waals surface area contributed by atoms with Crippen molar-refractivity contribution in [2.24, 2.45) is 0 Å². The molecule has 19 heteroatoms. The SMILES string of the molecule is CCC1(O)[Si]2(O)OC34O[Si](O)(CC)O[Si]3(CC)C3(CC)O[Si]5(CC)O[Si]6(CC)OC2(O[Si]34O5)[Si]1(CC)O6. The maximum absolute atomic E-state index is 12.7. The van der Waals surface area contributed by atoms with Crippen molar-refractivity contribution in [1.29, 1.82) is 0 Å². The molecule has 210 valence electrons. The summed E-state index contributed by atoms with van der Waals surface area (Å²) in [4.78, 5) is 21.6. The van der Waals surface area contributed by atoms with Crippen LogP contribution < -0.4 is 0 Å². The van der Waals surface area contributed by atoms with Crippen molar-refractivity contribution in [3.05, 3.63) is 0 Å². The lowest BCUT2D eigenvalue weighted by atomic mass is 10.5. The molecule has 7 heterocycles. The summed E-state index contributed by atoms with van der Waals surface area (Å²) in [6.07, 6.45) is 0.725. The zero-order chi connectivity index (χ0) is 26.8. The molecule has 7 aliphatic heterocycles. The molecule has 7 fully saturated rings. The van der Waals surface area contributed by atoms with Crippen molar-refractivity contribution in [3.63, 3.8) is 0 Å². The molecule has 11 unspecified atom stereocenters. The van der Waals surface area contributed by atoms with E-state index in [0.29, 0.717) is 30.6 Å². The first-order valence-corrected chi connectivity index (χ1v) is 27.5. The Hall–Kier alpha value is 1.04. The fourth-order valence-corrected chi connectivity index (χ4v) is 63.9. The van der Waals surface area contributed by atoms with Gasteiger partial charge in [0.05, 0.1) is 0 Å². The summed E-state index contributed by atoms with van der Waals surface area (Å²) in [5.74, 6) is 0. The van der Waals surface area contributed by atoms with E-state index in [9.17, 15) is 14.7 Å². The van der Waals surface area contributed by atoms with E-state index in [1.807, 2.05) is 48.5 Å². The van der Waals surface area contributed by atoms with Gasteiger partial charge < -0.3 is 53.3 Å². The zero-order valence-corrected chi connectivity index (χ0v) is 29.5. The van der Waals surface area contributed by atoms with E-state index < -0.39 is 79.9 Å². The van der Waals surface area contributed by atoms with Crippen molar-refractivity contribution < 1.29 is 53.3 Å². The Labute approximate surface area is 224 Å². The number of aliphatic hydroxyl groups is 1. The first kappa shape index (κ1) is 26.9. The molecule has 0 aromatic carbocycles. The second-order valence-corrected chi connectivity index (χ2v) is 37.0. The molecule has 0 aromatic heterocycles. The van der Waals surface area contributed by atoms with Crippen LogP contribution in [0.3, 0.4) is 0 Å². The molecular weight excluding hydrogens is 605 g/mol. The Bertz CT molecular complexity index is 1100. The Balaban J connectivity index is 1.57. The Kier molecular flexibility index (Phi) is 5.07. The molecule has 0 aliphatic carbocycles. The Morgan fingerprint density at radius 3 is 1.76 bits per heavy atom. The summed E-state index contributed by atoms with van der Waals surface area (Å²) < 4.78 is 62.4. The highest BCUT2D eigenvalue weighted by atomic mass is 28.6. The van der Waals surface area contributed by atoms with Gasteiger partial charge in [-0.3, -0.25) is 0 Å². The van der Waals surface area contributed by atoms with Gasteiger partial charge in [-0.15, -0.1) is 0 Å². The van der Waals surface area contributed by atoms with E-state index >= 15 is 0 Å². The highest BCUT2D eigenvalue weighted by Gasteiger charge is 3.15. The van der Waals surface area contributed by atoms with Crippen LogP contribution in [-0.2, 0) is 38.6 Å². The van der Waals surface area contributed by atoms with Gasteiger partial charge in [-0.2, -0.15) is 0 Å². The number of rotatable bonds is 7. The van der Waals surface area contributed by atoms with Crippen LogP contribution in [0.1, 0.15) is 61.3 Å². The van der Waals surface area contributed by atoms with Gasteiger partial charge in [0.2, 0.25) is 10.1 Å². The van der Waals surface area contributed by atoms with Crippen molar-refractivity contribution >= 4 is 60.2 Å². The highest BCUT2D eigenvalue weighted by molar-refractivity contribution is 7.25. The molecule has 4 bridgehead atoms. The van der Waals surface area contributed by atoms with Gasteiger partial charge in [0.25, 0.3) is 16.6 Å². The predicted octanol–water partition coefficient (Wildman–Crippen LogP) is 0.903. The average molecular weight is 643 g/mol. The van der Waals surface area contributed by atoms with Crippen LogP contribution in [0.2, 0.25) is 30.2 Å². The molecule has 12 nitrogen and oxygen atoms in total. The van der Waals surface area contributed by atoms with Gasteiger partial charge in [-0.1, -0.05) is 48.5 Å². The quantitative estimate of drug-likeness (QED) is 0.340. The fourth-order valence-electron chi connectivity index (χ4n) is 8.74. The predicted molar refractivity (Wildman–Crippen MR) is 141 cm³/mol. The molecule has 0 radical (unpaired) electrons. The molecule has 3 spiro atoms. The molecular formula is C18H38O12Si7. The van der Waals surface area contributed by atoms with E-state index in [2.05, 4.69) is 0 Å². The summed E-state index contributed by atoms with van der Waals surface area (Å²) in [6, 6.07) is 2.10. The van der Waals surface area contributed by atoms with Crippen LogP contribution in [0.5, 0.6) is 0 Å². The standard InChI is InChI=1S/C18H38O12Si7/c1-8-15(19)31(10-3)17-24-35(14-7,28-31)29-34(13-6)22-16(9-2)32(11-4)18(25-36(15,17)21,37(16,26-17)30-34)23-33(20,12-5)27-32/h19-21H,8-14H2,1-7H3. The molecule has 7 rings (SSSR count). The molecule has 11 atom stereocenters. The zero-order valence-electron chi connectivity index (χ0n) is 22.5. The second-order valence-electron chi connectivity index (χ2n) is 11.3. The van der Waals surface area contributed by atoms with E-state index in [4.69, 9.17) is 38.6 Å². The summed E-state index contributed by atoms with van der Waals surface area (Å²) in [5, 5.41) is 9.18. The summed E-state index contributed by atoms with van der Waals surface area (Å²) in [5.41, 5.74) is 0. The number of fused-ring (bicyclic) bond motifs is 3. The lowest BCUT2D eigenvalue weighted by molar-refractivity contribution is -0.199.